The van der Waals surface area contributed by atoms with Crippen LogP contribution in [-0.2, 0) is 29.0 Å². The van der Waals surface area contributed by atoms with Gasteiger partial charge in [0.2, 0.25) is 5.91 Å². The van der Waals surface area contributed by atoms with E-state index in [0.29, 0.717) is 11.8 Å². The first-order valence-electron chi connectivity index (χ1n) is 17.7. The van der Waals surface area contributed by atoms with E-state index < -0.39 is 21.2 Å². The van der Waals surface area contributed by atoms with Crippen molar-refractivity contribution >= 4 is 27.7 Å². The lowest BCUT2D eigenvalue weighted by Gasteiger charge is -2.71. The summed E-state index contributed by atoms with van der Waals surface area (Å²) < 4.78 is 28.7. The third-order valence-electron chi connectivity index (χ3n) is 14.6. The van der Waals surface area contributed by atoms with Gasteiger partial charge < -0.3 is 15.2 Å². The van der Waals surface area contributed by atoms with Gasteiger partial charge in [-0.3, -0.25) is 14.4 Å². The number of aliphatic carboxylic acids is 1. The van der Waals surface area contributed by atoms with Crippen molar-refractivity contribution in [2.24, 2.45) is 50.2 Å². The molecule has 4 fully saturated rings. The van der Waals surface area contributed by atoms with Crippen LogP contribution in [0.5, 0.6) is 0 Å². The van der Waals surface area contributed by atoms with Crippen LogP contribution in [0.2, 0.25) is 0 Å². The smallest absolute Gasteiger partial charge is 0.310 e. The fourth-order valence-electron chi connectivity index (χ4n) is 11.7. The number of allylic oxidation sites excluding steroid dienone is 2. The van der Waals surface area contributed by atoms with E-state index >= 15 is 0 Å². The molecule has 46 heavy (non-hydrogen) atoms. The van der Waals surface area contributed by atoms with Crippen molar-refractivity contribution in [1.82, 2.24) is 5.32 Å². The maximum absolute atomic E-state index is 12.9. The first-order valence-corrected chi connectivity index (χ1v) is 19.8. The second kappa shape index (κ2) is 11.6. The van der Waals surface area contributed by atoms with Crippen LogP contribution in [-0.4, -0.2) is 56.0 Å². The third-order valence-corrected chi connectivity index (χ3v) is 15.6. The van der Waals surface area contributed by atoms with E-state index in [1.165, 1.54) is 5.57 Å². The molecular weight excluding hydrogens is 602 g/mol. The van der Waals surface area contributed by atoms with Gasteiger partial charge in [-0.1, -0.05) is 60.1 Å². The van der Waals surface area contributed by atoms with Gasteiger partial charge in [0.25, 0.3) is 0 Å². The Hall–Kier alpha value is -1.90. The van der Waals surface area contributed by atoms with Crippen LogP contribution in [0.25, 0.3) is 0 Å². The first kappa shape index (κ1) is 35.4. The summed E-state index contributed by atoms with van der Waals surface area (Å²) in [5.74, 6) is -0.507. The fraction of sp³-hybridized carbons (Fsp3) is 0.865. The quantitative estimate of drug-likeness (QED) is 0.218. The Morgan fingerprint density at radius 2 is 1.59 bits per heavy atom. The van der Waals surface area contributed by atoms with Crippen molar-refractivity contribution < 1.29 is 32.6 Å². The molecule has 0 radical (unpaired) electrons. The molecule has 5 aliphatic carbocycles. The molecule has 1 amide bonds. The lowest BCUT2D eigenvalue weighted by Crippen LogP contribution is -2.65. The molecule has 0 aromatic carbocycles. The maximum atomic E-state index is 12.9. The minimum absolute atomic E-state index is 0.0219. The minimum atomic E-state index is -3.16. The number of carboxylic acids is 1. The molecule has 0 aromatic rings. The topological polar surface area (TPSA) is 127 Å². The molecule has 0 aromatic heterocycles. The summed E-state index contributed by atoms with van der Waals surface area (Å²) in [7, 11) is -3.16. The Labute approximate surface area is 277 Å². The van der Waals surface area contributed by atoms with Gasteiger partial charge in [-0.2, -0.15) is 0 Å². The number of hydrogen-bond acceptors (Lipinski definition) is 6. The Morgan fingerprint density at radius 1 is 0.913 bits per heavy atom. The van der Waals surface area contributed by atoms with E-state index in [2.05, 4.69) is 59.9 Å². The molecule has 4 saturated carbocycles. The Balaban J connectivity index is 1.32. The highest BCUT2D eigenvalue weighted by Crippen LogP contribution is 2.75. The van der Waals surface area contributed by atoms with E-state index in [1.807, 2.05) is 0 Å². The average molecular weight is 662 g/mol. The molecule has 0 saturated heterocycles. The lowest BCUT2D eigenvalue weighted by molar-refractivity contribution is -0.214. The summed E-state index contributed by atoms with van der Waals surface area (Å²) in [4.78, 5) is 38.1. The monoisotopic (exact) mass is 661 g/mol. The van der Waals surface area contributed by atoms with Gasteiger partial charge in [-0.05, 0) is 104 Å². The predicted octanol–water partition coefficient (Wildman–Crippen LogP) is 6.73. The highest BCUT2D eigenvalue weighted by atomic mass is 32.2. The number of nitrogens with one attached hydrogen (secondary N) is 1. The van der Waals surface area contributed by atoms with Gasteiger partial charge in [0.1, 0.15) is 15.9 Å². The van der Waals surface area contributed by atoms with Crippen LogP contribution in [0, 0.1) is 50.2 Å². The van der Waals surface area contributed by atoms with E-state index in [-0.39, 0.29) is 76.1 Å². The SMILES string of the molecule is CC1(C)CC[C@]2(C(=O)O)CC[C@]3(C)C(=CC[C@@H]4[C@@]5(C)CC[C@H](OC(=O)CCC(=O)NCCS(C)(=O)=O)C(C)(C)[C@@H]5CC[C@]43C)[C@@H]2C1. The molecule has 260 valence electrons. The second-order valence-electron chi connectivity index (χ2n) is 18.0. The zero-order valence-corrected chi connectivity index (χ0v) is 30.4. The van der Waals surface area contributed by atoms with Gasteiger partial charge in [0.05, 0.1) is 17.6 Å². The minimum Gasteiger partial charge on any atom is -0.481 e. The lowest BCUT2D eigenvalue weighted by atomic mass is 9.33. The number of sulfone groups is 1. The normalized spacial score (nSPS) is 41.0. The standard InChI is InChI=1S/C37H59NO7S/c1-32(2)17-19-37(31(41)42)20-18-35(6)24(25(37)23-32)9-10-27-34(5)15-14-28(33(3,4)26(34)13-16-36(27,35)7)45-30(40)12-11-29(39)38-21-22-46(8,43)44/h9,25-28H,10-23H2,1-8H3,(H,38,39)(H,41,42)/t25-,26-,27+,28-,34-,35+,36+,37-/m0/s1. The molecule has 0 aliphatic heterocycles. The number of ether oxygens (including phenoxy) is 1. The van der Waals surface area contributed by atoms with E-state index in [4.69, 9.17) is 4.74 Å². The summed E-state index contributed by atoms with van der Waals surface area (Å²) in [5, 5.41) is 13.2. The van der Waals surface area contributed by atoms with E-state index in [0.717, 1.165) is 70.5 Å². The van der Waals surface area contributed by atoms with E-state index in [9.17, 15) is 27.9 Å². The molecule has 9 heteroatoms. The Kier molecular flexibility index (Phi) is 8.94. The van der Waals surface area contributed by atoms with Crippen molar-refractivity contribution in [2.75, 3.05) is 18.6 Å². The van der Waals surface area contributed by atoms with E-state index in [1.54, 1.807) is 0 Å². The number of carboxylic acid groups (broad SMARTS) is 1. The van der Waals surface area contributed by atoms with Crippen LogP contribution in [0.4, 0.5) is 0 Å². The van der Waals surface area contributed by atoms with Gasteiger partial charge in [-0.25, -0.2) is 8.42 Å². The van der Waals surface area contributed by atoms with Gasteiger partial charge in [-0.15, -0.1) is 0 Å². The van der Waals surface area contributed by atoms with Crippen LogP contribution in [0.15, 0.2) is 11.6 Å². The Morgan fingerprint density at radius 3 is 2.24 bits per heavy atom. The number of amides is 1. The molecule has 8 atom stereocenters. The molecule has 8 nitrogen and oxygen atoms in total. The highest BCUT2D eigenvalue weighted by molar-refractivity contribution is 7.90. The van der Waals surface area contributed by atoms with Crippen LogP contribution < -0.4 is 5.32 Å². The molecule has 0 spiro atoms. The number of carbonyl (C=O) groups is 3. The number of hydrogen-bond donors (Lipinski definition) is 2. The van der Waals surface area contributed by atoms with Crippen LogP contribution >= 0.6 is 0 Å². The zero-order valence-electron chi connectivity index (χ0n) is 29.6. The summed E-state index contributed by atoms with van der Waals surface area (Å²) in [6, 6.07) is 0. The van der Waals surface area contributed by atoms with Crippen LogP contribution in [0.3, 0.4) is 0 Å². The maximum Gasteiger partial charge on any atom is 0.310 e. The number of carbonyl (C=O) groups excluding carboxylic acids is 2. The van der Waals surface area contributed by atoms with Crippen molar-refractivity contribution in [3.05, 3.63) is 11.6 Å². The number of fused-ring (bicyclic) bond motifs is 7. The molecular formula is C37H59NO7S. The first-order chi connectivity index (χ1) is 21.1. The molecule has 5 rings (SSSR count). The summed E-state index contributed by atoms with van der Waals surface area (Å²) in [6.07, 6.45) is 12.6. The predicted molar refractivity (Wildman–Crippen MR) is 179 cm³/mol. The molecule has 0 bridgehead atoms. The molecule has 0 unspecified atom stereocenters. The van der Waals surface area contributed by atoms with Gasteiger partial charge in [0, 0.05) is 24.6 Å². The third kappa shape index (κ3) is 5.76. The van der Waals surface area contributed by atoms with Crippen molar-refractivity contribution in [2.45, 2.75) is 132 Å². The number of rotatable bonds is 8. The second-order valence-corrected chi connectivity index (χ2v) is 20.3. The molecule has 0 heterocycles. The van der Waals surface area contributed by atoms with Crippen molar-refractivity contribution in [1.29, 1.82) is 0 Å². The average Bonchev–Trinajstić information content (AvgIpc) is 2.92. The van der Waals surface area contributed by atoms with Crippen molar-refractivity contribution in [3.63, 3.8) is 0 Å². The zero-order chi connectivity index (χ0) is 34.1. The molecule has 5 aliphatic rings. The van der Waals surface area contributed by atoms with Gasteiger partial charge in [0.15, 0.2) is 0 Å². The largest absolute Gasteiger partial charge is 0.481 e. The molecule has 2 N–H and O–H groups in total. The summed E-state index contributed by atoms with van der Waals surface area (Å²) in [6.45, 7) is 16.7. The van der Waals surface area contributed by atoms with Gasteiger partial charge >= 0.3 is 11.9 Å². The van der Waals surface area contributed by atoms with Crippen molar-refractivity contribution in [3.8, 4) is 0 Å². The number of esters is 1. The fourth-order valence-corrected chi connectivity index (χ4v) is 12.2. The summed E-state index contributed by atoms with van der Waals surface area (Å²) >= 11 is 0. The van der Waals surface area contributed by atoms with Crippen LogP contribution in [0.1, 0.15) is 126 Å². The Bertz CT molecular complexity index is 1400. The highest BCUT2D eigenvalue weighted by Gasteiger charge is 2.69. The summed E-state index contributed by atoms with van der Waals surface area (Å²) in [5.41, 5.74) is 0.826.